The number of aromatic amines is 1. The van der Waals surface area contributed by atoms with Crippen LogP contribution in [0.25, 0.3) is 21.8 Å². The van der Waals surface area contributed by atoms with Gasteiger partial charge in [-0.05, 0) is 18.2 Å². The van der Waals surface area contributed by atoms with Gasteiger partial charge in [0.15, 0.2) is 0 Å². The molecule has 2 N–H and O–H groups in total. The number of nitrogens with one attached hydrogen (secondary N) is 2. The highest BCUT2D eigenvalue weighted by Crippen LogP contribution is 2.27. The molecule has 0 atom stereocenters. The summed E-state index contributed by atoms with van der Waals surface area (Å²) in [5.41, 5.74) is 3.50. The lowest BCUT2D eigenvalue weighted by Gasteiger charge is -2.05. The summed E-state index contributed by atoms with van der Waals surface area (Å²) in [6.07, 6.45) is 4.98. The molecule has 0 aliphatic rings. The molecule has 2 aromatic heterocycles. The first kappa shape index (κ1) is 13.5. The van der Waals surface area contributed by atoms with Crippen molar-refractivity contribution in [3.8, 4) is 0 Å². The van der Waals surface area contributed by atoms with Crippen molar-refractivity contribution >= 4 is 33.4 Å². The molecule has 0 unspecified atom stereocenters. The lowest BCUT2D eigenvalue weighted by molar-refractivity contribution is -0.115. The number of benzene rings is 2. The van der Waals surface area contributed by atoms with Crippen molar-refractivity contribution in [3.63, 3.8) is 0 Å². The first-order chi connectivity index (χ1) is 11.3. The van der Waals surface area contributed by atoms with Gasteiger partial charge in [0.2, 0.25) is 5.91 Å². The average Bonchev–Trinajstić information content (AvgIpc) is 2.93. The van der Waals surface area contributed by atoms with Crippen LogP contribution in [0.3, 0.4) is 0 Å². The van der Waals surface area contributed by atoms with Crippen LogP contribution in [0.2, 0.25) is 0 Å². The highest BCUT2D eigenvalue weighted by Gasteiger charge is 2.08. The zero-order chi connectivity index (χ0) is 15.6. The molecular formula is C18H14N4O. The van der Waals surface area contributed by atoms with Crippen molar-refractivity contribution in [1.82, 2.24) is 15.0 Å². The SMILES string of the molecule is O=C(Cc1cnccn1)Nc1ccc2c(c1)[nH]c1ccccc12. The monoisotopic (exact) mass is 302 g/mol. The van der Waals surface area contributed by atoms with Crippen molar-refractivity contribution in [1.29, 1.82) is 0 Å². The molecule has 0 bridgehead atoms. The number of aromatic nitrogens is 3. The molecular weight excluding hydrogens is 288 g/mol. The van der Waals surface area contributed by atoms with Crippen molar-refractivity contribution in [2.45, 2.75) is 6.42 Å². The summed E-state index contributed by atoms with van der Waals surface area (Å²) in [5, 5.41) is 5.23. The Kier molecular flexibility index (Phi) is 3.24. The first-order valence-corrected chi connectivity index (χ1v) is 7.35. The number of H-pyrrole nitrogens is 1. The largest absolute Gasteiger partial charge is 0.354 e. The first-order valence-electron chi connectivity index (χ1n) is 7.35. The summed E-state index contributed by atoms with van der Waals surface area (Å²) < 4.78 is 0. The zero-order valence-electron chi connectivity index (χ0n) is 12.3. The number of anilines is 1. The number of para-hydroxylation sites is 1. The highest BCUT2D eigenvalue weighted by atomic mass is 16.1. The molecule has 0 radical (unpaired) electrons. The second kappa shape index (κ2) is 5.53. The Morgan fingerprint density at radius 2 is 1.91 bits per heavy atom. The van der Waals surface area contributed by atoms with Crippen LogP contribution in [0, 0.1) is 0 Å². The molecule has 0 aliphatic carbocycles. The topological polar surface area (TPSA) is 70.7 Å². The Morgan fingerprint density at radius 3 is 2.78 bits per heavy atom. The van der Waals surface area contributed by atoms with Crippen LogP contribution in [0.15, 0.2) is 61.1 Å². The van der Waals surface area contributed by atoms with E-state index in [1.165, 1.54) is 5.39 Å². The number of hydrogen-bond donors (Lipinski definition) is 2. The standard InChI is InChI=1S/C18H14N4O/c23-18(10-13-11-19-7-8-20-13)21-12-5-6-15-14-3-1-2-4-16(14)22-17(15)9-12/h1-9,11,22H,10H2,(H,21,23). The minimum absolute atomic E-state index is 0.110. The molecule has 112 valence electrons. The van der Waals surface area contributed by atoms with E-state index in [1.54, 1.807) is 18.6 Å². The average molecular weight is 302 g/mol. The van der Waals surface area contributed by atoms with E-state index in [-0.39, 0.29) is 12.3 Å². The van der Waals surface area contributed by atoms with Crippen molar-refractivity contribution in [2.24, 2.45) is 0 Å². The van der Waals surface area contributed by atoms with Gasteiger partial charge in [-0.3, -0.25) is 14.8 Å². The lowest BCUT2D eigenvalue weighted by atomic mass is 10.1. The van der Waals surface area contributed by atoms with Crippen molar-refractivity contribution in [2.75, 3.05) is 5.32 Å². The molecule has 4 rings (SSSR count). The molecule has 23 heavy (non-hydrogen) atoms. The van der Waals surface area contributed by atoms with E-state index < -0.39 is 0 Å². The number of fused-ring (bicyclic) bond motifs is 3. The van der Waals surface area contributed by atoms with Crippen molar-refractivity contribution < 1.29 is 4.79 Å². The number of nitrogens with zero attached hydrogens (tertiary/aromatic N) is 2. The van der Waals surface area contributed by atoms with E-state index in [1.807, 2.05) is 36.4 Å². The maximum absolute atomic E-state index is 12.1. The third kappa shape index (κ3) is 2.64. The van der Waals surface area contributed by atoms with Gasteiger partial charge in [0.25, 0.3) is 0 Å². The van der Waals surface area contributed by atoms with E-state index >= 15 is 0 Å². The van der Waals surface area contributed by atoms with Gasteiger partial charge in [0.1, 0.15) is 0 Å². The molecule has 0 fully saturated rings. The second-order valence-corrected chi connectivity index (χ2v) is 5.35. The Bertz CT molecular complexity index is 992. The van der Waals surface area contributed by atoms with Gasteiger partial charge in [-0.2, -0.15) is 0 Å². The summed E-state index contributed by atoms with van der Waals surface area (Å²) in [6.45, 7) is 0. The summed E-state index contributed by atoms with van der Waals surface area (Å²) in [6, 6.07) is 14.0. The van der Waals surface area contributed by atoms with Crippen LogP contribution >= 0.6 is 0 Å². The minimum Gasteiger partial charge on any atom is -0.354 e. The van der Waals surface area contributed by atoms with Crippen LogP contribution in [0.5, 0.6) is 0 Å². The normalized spacial score (nSPS) is 11.0. The van der Waals surface area contributed by atoms with E-state index in [4.69, 9.17) is 0 Å². The molecule has 4 aromatic rings. The van der Waals surface area contributed by atoms with Gasteiger partial charge in [-0.1, -0.05) is 24.3 Å². The fraction of sp³-hybridized carbons (Fsp3) is 0.0556. The Balaban J connectivity index is 1.59. The minimum atomic E-state index is -0.110. The second-order valence-electron chi connectivity index (χ2n) is 5.35. The van der Waals surface area contributed by atoms with Gasteiger partial charge in [0, 0.05) is 46.1 Å². The number of hydrogen-bond acceptors (Lipinski definition) is 3. The van der Waals surface area contributed by atoms with E-state index in [0.29, 0.717) is 5.69 Å². The molecule has 2 aromatic carbocycles. The van der Waals surface area contributed by atoms with Gasteiger partial charge in [-0.25, -0.2) is 0 Å². The Labute approximate surface area is 132 Å². The maximum Gasteiger partial charge on any atom is 0.230 e. The summed E-state index contributed by atoms with van der Waals surface area (Å²) in [7, 11) is 0. The smallest absolute Gasteiger partial charge is 0.230 e. The molecule has 5 heteroatoms. The van der Waals surface area contributed by atoms with Crippen LogP contribution < -0.4 is 5.32 Å². The van der Waals surface area contributed by atoms with E-state index in [2.05, 4.69) is 26.3 Å². The molecule has 0 aliphatic heterocycles. The number of carbonyl (C=O) groups excluding carboxylic acids is 1. The Morgan fingerprint density at radius 1 is 1.04 bits per heavy atom. The predicted octanol–water partition coefficient (Wildman–Crippen LogP) is 3.29. The van der Waals surface area contributed by atoms with Crippen LogP contribution in [0.1, 0.15) is 5.69 Å². The molecule has 2 heterocycles. The maximum atomic E-state index is 12.1. The van der Waals surface area contributed by atoms with Gasteiger partial charge < -0.3 is 10.3 Å². The van der Waals surface area contributed by atoms with Gasteiger partial charge in [-0.15, -0.1) is 0 Å². The van der Waals surface area contributed by atoms with Crippen LogP contribution in [-0.4, -0.2) is 20.9 Å². The molecule has 1 amide bonds. The van der Waals surface area contributed by atoms with Gasteiger partial charge in [0.05, 0.1) is 12.1 Å². The number of amides is 1. The molecule has 0 spiro atoms. The number of carbonyl (C=O) groups is 1. The third-order valence-electron chi connectivity index (χ3n) is 3.75. The summed E-state index contributed by atoms with van der Waals surface area (Å²) in [4.78, 5) is 23.5. The quantitative estimate of drug-likeness (QED) is 0.610. The van der Waals surface area contributed by atoms with Crippen LogP contribution in [0.4, 0.5) is 5.69 Å². The van der Waals surface area contributed by atoms with Gasteiger partial charge >= 0.3 is 0 Å². The molecule has 0 saturated heterocycles. The fourth-order valence-electron chi connectivity index (χ4n) is 2.72. The summed E-state index contributed by atoms with van der Waals surface area (Å²) >= 11 is 0. The highest BCUT2D eigenvalue weighted by molar-refractivity contribution is 6.08. The number of rotatable bonds is 3. The van der Waals surface area contributed by atoms with E-state index in [0.717, 1.165) is 22.1 Å². The van der Waals surface area contributed by atoms with Crippen LogP contribution in [-0.2, 0) is 11.2 Å². The van der Waals surface area contributed by atoms with E-state index in [9.17, 15) is 4.79 Å². The summed E-state index contributed by atoms with van der Waals surface area (Å²) in [5.74, 6) is -0.110. The fourth-order valence-corrected chi connectivity index (χ4v) is 2.72. The lowest BCUT2D eigenvalue weighted by Crippen LogP contribution is -2.15. The third-order valence-corrected chi connectivity index (χ3v) is 3.75. The molecule has 5 nitrogen and oxygen atoms in total. The zero-order valence-corrected chi connectivity index (χ0v) is 12.3. The van der Waals surface area contributed by atoms with Crippen molar-refractivity contribution in [3.05, 3.63) is 66.7 Å². The Hall–Kier alpha value is -3.21. The molecule has 0 saturated carbocycles. The predicted molar refractivity (Wildman–Crippen MR) is 90.2 cm³/mol.